The fourth-order valence-corrected chi connectivity index (χ4v) is 1.60. The van der Waals surface area contributed by atoms with Gasteiger partial charge in [0.05, 0.1) is 5.56 Å². The van der Waals surface area contributed by atoms with Gasteiger partial charge in [-0.05, 0) is 17.7 Å². The minimum atomic E-state index is -1.03. The standard InChI is InChI=1S/C12H9ClN2O2/c13-10-3-1-2-8(4-10)5-11-14-6-9(7-15-11)12(16)17/h1-4,6-7H,5H2,(H,16,17). The maximum Gasteiger partial charge on any atom is 0.338 e. The molecule has 1 aromatic carbocycles. The zero-order valence-corrected chi connectivity index (χ0v) is 9.55. The van der Waals surface area contributed by atoms with Crippen molar-refractivity contribution in [3.05, 3.63) is 58.6 Å². The molecule has 0 bridgehead atoms. The van der Waals surface area contributed by atoms with E-state index in [0.29, 0.717) is 17.3 Å². The largest absolute Gasteiger partial charge is 0.478 e. The number of aromatic nitrogens is 2. The SMILES string of the molecule is O=C(O)c1cnc(Cc2cccc(Cl)c2)nc1. The zero-order chi connectivity index (χ0) is 12.3. The third-order valence-corrected chi connectivity index (χ3v) is 2.44. The minimum Gasteiger partial charge on any atom is -0.478 e. The smallest absolute Gasteiger partial charge is 0.338 e. The summed E-state index contributed by atoms with van der Waals surface area (Å²) >= 11 is 5.86. The van der Waals surface area contributed by atoms with Crippen LogP contribution in [0.2, 0.25) is 5.02 Å². The van der Waals surface area contributed by atoms with Gasteiger partial charge in [0.1, 0.15) is 5.82 Å². The number of halogens is 1. The van der Waals surface area contributed by atoms with E-state index in [2.05, 4.69) is 9.97 Å². The van der Waals surface area contributed by atoms with Gasteiger partial charge in [-0.1, -0.05) is 23.7 Å². The summed E-state index contributed by atoms with van der Waals surface area (Å²) in [6.07, 6.45) is 3.13. The summed E-state index contributed by atoms with van der Waals surface area (Å²) in [5, 5.41) is 9.36. The number of nitrogens with zero attached hydrogens (tertiary/aromatic N) is 2. The third-order valence-electron chi connectivity index (χ3n) is 2.20. The van der Waals surface area contributed by atoms with Gasteiger partial charge in [0.2, 0.25) is 0 Å². The Bertz CT molecular complexity index is 540. The molecule has 0 saturated heterocycles. The maximum absolute atomic E-state index is 10.6. The average molecular weight is 249 g/mol. The summed E-state index contributed by atoms with van der Waals surface area (Å²) in [4.78, 5) is 18.6. The van der Waals surface area contributed by atoms with Crippen molar-refractivity contribution in [3.63, 3.8) is 0 Å². The molecule has 0 radical (unpaired) electrons. The number of benzene rings is 1. The lowest BCUT2D eigenvalue weighted by molar-refractivity contribution is 0.0696. The molecule has 0 unspecified atom stereocenters. The Morgan fingerprint density at radius 3 is 2.59 bits per heavy atom. The van der Waals surface area contributed by atoms with Crippen LogP contribution in [0, 0.1) is 0 Å². The molecule has 86 valence electrons. The second-order valence-corrected chi connectivity index (χ2v) is 3.94. The number of carboxylic acid groups (broad SMARTS) is 1. The topological polar surface area (TPSA) is 63.1 Å². The number of carboxylic acids is 1. The molecule has 0 aliphatic heterocycles. The van der Waals surface area contributed by atoms with Crippen molar-refractivity contribution >= 4 is 17.6 Å². The van der Waals surface area contributed by atoms with E-state index in [1.807, 2.05) is 18.2 Å². The first kappa shape index (κ1) is 11.5. The summed E-state index contributed by atoms with van der Waals surface area (Å²) in [6, 6.07) is 7.39. The van der Waals surface area contributed by atoms with Crippen LogP contribution in [0.15, 0.2) is 36.7 Å². The summed E-state index contributed by atoms with van der Waals surface area (Å²) in [5.41, 5.74) is 1.07. The Kier molecular flexibility index (Phi) is 3.35. The number of hydrogen-bond donors (Lipinski definition) is 1. The number of hydrogen-bond acceptors (Lipinski definition) is 3. The summed E-state index contributed by atoms with van der Waals surface area (Å²) < 4.78 is 0. The average Bonchev–Trinajstić information content (AvgIpc) is 2.29. The number of carbonyl (C=O) groups is 1. The Labute approximate surface area is 103 Å². The van der Waals surface area contributed by atoms with Crippen molar-refractivity contribution in [2.24, 2.45) is 0 Å². The van der Waals surface area contributed by atoms with E-state index in [-0.39, 0.29) is 5.56 Å². The molecule has 5 heteroatoms. The highest BCUT2D eigenvalue weighted by Crippen LogP contribution is 2.12. The molecule has 0 aliphatic carbocycles. The third kappa shape index (κ3) is 3.01. The quantitative estimate of drug-likeness (QED) is 0.906. The van der Waals surface area contributed by atoms with Gasteiger partial charge in [-0.2, -0.15) is 0 Å². The van der Waals surface area contributed by atoms with Crippen molar-refractivity contribution in [3.8, 4) is 0 Å². The van der Waals surface area contributed by atoms with Crippen LogP contribution in [0.1, 0.15) is 21.7 Å². The van der Waals surface area contributed by atoms with Crippen LogP contribution in [0.4, 0.5) is 0 Å². The first-order valence-electron chi connectivity index (χ1n) is 4.94. The highest BCUT2D eigenvalue weighted by Gasteiger charge is 2.05. The minimum absolute atomic E-state index is 0.0832. The van der Waals surface area contributed by atoms with Crippen LogP contribution < -0.4 is 0 Å². The molecule has 0 spiro atoms. The molecule has 1 aromatic heterocycles. The molecule has 0 saturated carbocycles. The molecule has 1 heterocycles. The van der Waals surface area contributed by atoms with E-state index in [0.717, 1.165) is 5.56 Å². The van der Waals surface area contributed by atoms with E-state index >= 15 is 0 Å². The molecule has 1 N–H and O–H groups in total. The van der Waals surface area contributed by atoms with Crippen LogP contribution >= 0.6 is 11.6 Å². The van der Waals surface area contributed by atoms with Crippen molar-refractivity contribution in [1.82, 2.24) is 9.97 Å². The van der Waals surface area contributed by atoms with Crippen LogP contribution in [-0.4, -0.2) is 21.0 Å². The molecule has 0 fully saturated rings. The molecule has 2 aromatic rings. The van der Waals surface area contributed by atoms with Gasteiger partial charge in [-0.25, -0.2) is 14.8 Å². The second-order valence-electron chi connectivity index (χ2n) is 3.50. The van der Waals surface area contributed by atoms with Crippen LogP contribution in [0.5, 0.6) is 0 Å². The van der Waals surface area contributed by atoms with Crippen molar-refractivity contribution < 1.29 is 9.90 Å². The van der Waals surface area contributed by atoms with Gasteiger partial charge in [-0.15, -0.1) is 0 Å². The zero-order valence-electron chi connectivity index (χ0n) is 8.80. The molecular formula is C12H9ClN2O2. The predicted molar refractivity (Wildman–Crippen MR) is 63.2 cm³/mol. The van der Waals surface area contributed by atoms with Crippen LogP contribution in [0.25, 0.3) is 0 Å². The lowest BCUT2D eigenvalue weighted by Gasteiger charge is -2.01. The van der Waals surface area contributed by atoms with Crippen molar-refractivity contribution in [2.75, 3.05) is 0 Å². The van der Waals surface area contributed by atoms with Gasteiger partial charge >= 0.3 is 5.97 Å². The van der Waals surface area contributed by atoms with Gasteiger partial charge in [0, 0.05) is 23.8 Å². The van der Waals surface area contributed by atoms with E-state index in [1.165, 1.54) is 12.4 Å². The fraction of sp³-hybridized carbons (Fsp3) is 0.0833. The maximum atomic E-state index is 10.6. The molecular weight excluding hydrogens is 240 g/mol. The summed E-state index contributed by atoms with van der Waals surface area (Å²) in [6.45, 7) is 0. The predicted octanol–water partition coefficient (Wildman–Crippen LogP) is 2.42. The van der Waals surface area contributed by atoms with Gasteiger partial charge in [0.15, 0.2) is 0 Å². The van der Waals surface area contributed by atoms with E-state index in [9.17, 15) is 4.79 Å². The molecule has 0 amide bonds. The molecule has 0 aliphatic rings. The Balaban J connectivity index is 2.16. The first-order valence-corrected chi connectivity index (χ1v) is 5.31. The van der Waals surface area contributed by atoms with Crippen molar-refractivity contribution in [1.29, 1.82) is 0 Å². The number of rotatable bonds is 3. The molecule has 17 heavy (non-hydrogen) atoms. The first-order chi connectivity index (χ1) is 8.15. The van der Waals surface area contributed by atoms with Crippen LogP contribution in [-0.2, 0) is 6.42 Å². The van der Waals surface area contributed by atoms with Gasteiger partial charge < -0.3 is 5.11 Å². The van der Waals surface area contributed by atoms with E-state index in [1.54, 1.807) is 6.07 Å². The van der Waals surface area contributed by atoms with Crippen LogP contribution in [0.3, 0.4) is 0 Å². The lowest BCUT2D eigenvalue weighted by atomic mass is 10.1. The van der Waals surface area contributed by atoms with Gasteiger partial charge in [-0.3, -0.25) is 0 Å². The monoisotopic (exact) mass is 248 g/mol. The van der Waals surface area contributed by atoms with E-state index < -0.39 is 5.97 Å². The lowest BCUT2D eigenvalue weighted by Crippen LogP contribution is -2.02. The van der Waals surface area contributed by atoms with E-state index in [4.69, 9.17) is 16.7 Å². The Morgan fingerprint density at radius 1 is 1.29 bits per heavy atom. The van der Waals surface area contributed by atoms with Crippen molar-refractivity contribution in [2.45, 2.75) is 6.42 Å². The molecule has 0 atom stereocenters. The highest BCUT2D eigenvalue weighted by molar-refractivity contribution is 6.30. The Hall–Kier alpha value is -1.94. The molecule has 4 nitrogen and oxygen atoms in total. The van der Waals surface area contributed by atoms with Gasteiger partial charge in [0.25, 0.3) is 0 Å². The second kappa shape index (κ2) is 4.93. The molecule has 2 rings (SSSR count). The normalized spacial score (nSPS) is 10.2. The highest BCUT2D eigenvalue weighted by atomic mass is 35.5. The number of aromatic carboxylic acids is 1. The Morgan fingerprint density at radius 2 is 2.00 bits per heavy atom. The summed E-state index contributed by atoms with van der Waals surface area (Å²) in [7, 11) is 0. The summed E-state index contributed by atoms with van der Waals surface area (Å²) in [5.74, 6) is -0.462. The fourth-order valence-electron chi connectivity index (χ4n) is 1.39.